The summed E-state index contributed by atoms with van der Waals surface area (Å²) in [5, 5.41) is 7.45. The number of hydrogen-bond acceptors (Lipinski definition) is 4. The summed E-state index contributed by atoms with van der Waals surface area (Å²) in [5.41, 5.74) is 2.02. The summed E-state index contributed by atoms with van der Waals surface area (Å²) in [7, 11) is -0.320. The van der Waals surface area contributed by atoms with E-state index in [2.05, 4.69) is 10.4 Å². The average Bonchev–Trinajstić information content (AvgIpc) is 2.85. The van der Waals surface area contributed by atoms with Gasteiger partial charge in [-0.2, -0.15) is 5.10 Å². The Morgan fingerprint density at radius 2 is 1.90 bits per heavy atom. The highest BCUT2D eigenvalue weighted by Gasteiger charge is 2.16. The average molecular weight is 308 g/mol. The van der Waals surface area contributed by atoms with Crippen LogP contribution in [0.1, 0.15) is 5.56 Å². The van der Waals surface area contributed by atoms with Crippen LogP contribution in [0.3, 0.4) is 0 Å². The maximum absolute atomic E-state index is 11.9. The van der Waals surface area contributed by atoms with Gasteiger partial charge in [0.1, 0.15) is 0 Å². The van der Waals surface area contributed by atoms with Gasteiger partial charge in [-0.25, -0.2) is 12.7 Å². The number of aryl methyl sites for hydroxylation is 1. The van der Waals surface area contributed by atoms with Gasteiger partial charge < -0.3 is 5.32 Å². The molecule has 0 radical (unpaired) electrons. The molecule has 1 aromatic heterocycles. The Morgan fingerprint density at radius 1 is 1.24 bits per heavy atom. The zero-order chi connectivity index (χ0) is 15.5. The Balaban J connectivity index is 1.94. The molecule has 7 heteroatoms. The first-order valence-electron chi connectivity index (χ1n) is 6.65. The van der Waals surface area contributed by atoms with Gasteiger partial charge in [0, 0.05) is 32.5 Å². The molecule has 0 bridgehead atoms. The number of aromatic nitrogens is 2. The number of hydrogen-bond donors (Lipinski definition) is 1. The van der Waals surface area contributed by atoms with Gasteiger partial charge in [0.15, 0.2) is 0 Å². The fourth-order valence-electron chi connectivity index (χ4n) is 1.86. The van der Waals surface area contributed by atoms with Gasteiger partial charge in [0.25, 0.3) is 0 Å². The highest BCUT2D eigenvalue weighted by atomic mass is 32.2. The Kier molecular flexibility index (Phi) is 4.64. The van der Waals surface area contributed by atoms with E-state index in [0.717, 1.165) is 24.3 Å². The third-order valence-corrected chi connectivity index (χ3v) is 4.89. The lowest BCUT2D eigenvalue weighted by molar-refractivity contribution is 0.521. The van der Waals surface area contributed by atoms with Gasteiger partial charge in [0.05, 0.1) is 17.6 Å². The third-order valence-electron chi connectivity index (χ3n) is 3.07. The van der Waals surface area contributed by atoms with E-state index >= 15 is 0 Å². The number of anilines is 1. The lowest BCUT2D eigenvalue weighted by Gasteiger charge is -2.12. The molecule has 6 nitrogen and oxygen atoms in total. The van der Waals surface area contributed by atoms with Crippen LogP contribution in [0, 0.1) is 6.92 Å². The van der Waals surface area contributed by atoms with Crippen molar-refractivity contribution in [1.29, 1.82) is 0 Å². The van der Waals surface area contributed by atoms with Crippen molar-refractivity contribution in [2.24, 2.45) is 0 Å². The summed E-state index contributed by atoms with van der Waals surface area (Å²) < 4.78 is 26.9. The van der Waals surface area contributed by atoms with Crippen molar-refractivity contribution >= 4 is 15.7 Å². The SMILES string of the molecule is Cc1cnn(CCNc2ccc(S(=O)(=O)N(C)C)cc2)c1. The second-order valence-corrected chi connectivity index (χ2v) is 7.17. The molecule has 0 fully saturated rings. The van der Waals surface area contributed by atoms with Crippen LogP contribution in [0.4, 0.5) is 5.69 Å². The highest BCUT2D eigenvalue weighted by molar-refractivity contribution is 7.89. The molecule has 0 saturated heterocycles. The molecule has 2 aromatic rings. The molecule has 0 aliphatic rings. The van der Waals surface area contributed by atoms with Gasteiger partial charge >= 0.3 is 0 Å². The molecule has 0 saturated carbocycles. The summed E-state index contributed by atoms with van der Waals surface area (Å²) in [4.78, 5) is 0.292. The molecule has 0 aliphatic heterocycles. The second kappa shape index (κ2) is 6.28. The molecular formula is C14H20N4O2S. The van der Waals surface area contributed by atoms with E-state index in [1.54, 1.807) is 24.3 Å². The van der Waals surface area contributed by atoms with Gasteiger partial charge in [-0.15, -0.1) is 0 Å². The third kappa shape index (κ3) is 3.83. The van der Waals surface area contributed by atoms with Crippen molar-refractivity contribution in [2.45, 2.75) is 18.4 Å². The maximum Gasteiger partial charge on any atom is 0.242 e. The van der Waals surface area contributed by atoms with Gasteiger partial charge in [-0.1, -0.05) is 0 Å². The molecule has 114 valence electrons. The van der Waals surface area contributed by atoms with Crippen LogP contribution in [0.2, 0.25) is 0 Å². The van der Waals surface area contributed by atoms with Gasteiger partial charge in [0.2, 0.25) is 10.0 Å². The zero-order valence-electron chi connectivity index (χ0n) is 12.4. The van der Waals surface area contributed by atoms with E-state index in [9.17, 15) is 8.42 Å². The van der Waals surface area contributed by atoms with E-state index in [-0.39, 0.29) is 0 Å². The van der Waals surface area contributed by atoms with Crippen LogP contribution in [0.5, 0.6) is 0 Å². The first kappa shape index (κ1) is 15.5. The van der Waals surface area contributed by atoms with E-state index in [4.69, 9.17) is 0 Å². The molecule has 21 heavy (non-hydrogen) atoms. The normalized spacial score (nSPS) is 11.8. The van der Waals surface area contributed by atoms with Crippen molar-refractivity contribution in [2.75, 3.05) is 26.0 Å². The Morgan fingerprint density at radius 3 is 2.43 bits per heavy atom. The number of rotatable bonds is 6. The van der Waals surface area contributed by atoms with Crippen LogP contribution >= 0.6 is 0 Å². The minimum absolute atomic E-state index is 0.292. The predicted octanol–water partition coefficient (Wildman–Crippen LogP) is 1.55. The summed E-state index contributed by atoms with van der Waals surface area (Å²) in [6, 6.07) is 6.75. The molecule has 1 aromatic carbocycles. The second-order valence-electron chi connectivity index (χ2n) is 5.02. The van der Waals surface area contributed by atoms with E-state index < -0.39 is 10.0 Å². The largest absolute Gasteiger partial charge is 0.383 e. The summed E-state index contributed by atoms with van der Waals surface area (Å²) in [5.74, 6) is 0. The Labute approximate surface area is 125 Å². The fourth-order valence-corrected chi connectivity index (χ4v) is 2.76. The molecule has 0 atom stereocenters. The molecule has 0 spiro atoms. The van der Waals surface area contributed by atoms with E-state index in [1.807, 2.05) is 24.0 Å². The van der Waals surface area contributed by atoms with Gasteiger partial charge in [-0.3, -0.25) is 4.68 Å². The zero-order valence-corrected chi connectivity index (χ0v) is 13.3. The molecule has 0 unspecified atom stereocenters. The van der Waals surface area contributed by atoms with Crippen LogP contribution in [0.15, 0.2) is 41.6 Å². The minimum Gasteiger partial charge on any atom is -0.383 e. The molecule has 2 rings (SSSR count). The topological polar surface area (TPSA) is 67.2 Å². The van der Waals surface area contributed by atoms with Gasteiger partial charge in [-0.05, 0) is 36.8 Å². The molecule has 1 heterocycles. The van der Waals surface area contributed by atoms with Crippen molar-refractivity contribution in [3.63, 3.8) is 0 Å². The smallest absolute Gasteiger partial charge is 0.242 e. The van der Waals surface area contributed by atoms with Crippen LogP contribution < -0.4 is 5.32 Å². The van der Waals surface area contributed by atoms with E-state index in [1.165, 1.54) is 18.4 Å². The van der Waals surface area contributed by atoms with Crippen molar-refractivity contribution in [1.82, 2.24) is 14.1 Å². The monoisotopic (exact) mass is 308 g/mol. The van der Waals surface area contributed by atoms with Crippen LogP contribution in [0.25, 0.3) is 0 Å². The summed E-state index contributed by atoms with van der Waals surface area (Å²) in [6.07, 6.45) is 3.80. The number of benzene rings is 1. The Bertz CT molecular complexity index is 690. The predicted molar refractivity (Wildman–Crippen MR) is 82.8 cm³/mol. The summed E-state index contributed by atoms with van der Waals surface area (Å²) in [6.45, 7) is 3.48. The van der Waals surface area contributed by atoms with E-state index in [0.29, 0.717) is 4.90 Å². The van der Waals surface area contributed by atoms with Crippen molar-refractivity contribution in [3.05, 3.63) is 42.2 Å². The molecule has 0 amide bonds. The number of nitrogens with one attached hydrogen (secondary N) is 1. The molecule has 1 N–H and O–H groups in total. The molecular weight excluding hydrogens is 288 g/mol. The highest BCUT2D eigenvalue weighted by Crippen LogP contribution is 2.16. The molecule has 0 aliphatic carbocycles. The minimum atomic E-state index is -3.36. The summed E-state index contributed by atoms with van der Waals surface area (Å²) >= 11 is 0. The first-order valence-corrected chi connectivity index (χ1v) is 8.09. The number of sulfonamides is 1. The van der Waals surface area contributed by atoms with Crippen LogP contribution in [-0.2, 0) is 16.6 Å². The standard InChI is InChI=1S/C14H20N4O2S/c1-12-10-16-18(11-12)9-8-15-13-4-6-14(7-5-13)21(19,20)17(2)3/h4-7,10-11,15H,8-9H2,1-3H3. The first-order chi connectivity index (χ1) is 9.89. The van der Waals surface area contributed by atoms with Crippen LogP contribution in [-0.4, -0.2) is 43.1 Å². The quantitative estimate of drug-likeness (QED) is 0.879. The van der Waals surface area contributed by atoms with Crippen molar-refractivity contribution in [3.8, 4) is 0 Å². The van der Waals surface area contributed by atoms with Crippen molar-refractivity contribution < 1.29 is 8.42 Å². The Hall–Kier alpha value is -1.86. The lowest BCUT2D eigenvalue weighted by atomic mass is 10.3. The number of nitrogens with zero attached hydrogens (tertiary/aromatic N) is 3. The lowest BCUT2D eigenvalue weighted by Crippen LogP contribution is -2.22. The fraction of sp³-hybridized carbons (Fsp3) is 0.357. The maximum atomic E-state index is 11.9.